The summed E-state index contributed by atoms with van der Waals surface area (Å²) in [6.45, 7) is 1.20. The summed E-state index contributed by atoms with van der Waals surface area (Å²) in [6, 6.07) is 4.52. The molecule has 88 valence electrons. The van der Waals surface area contributed by atoms with Crippen LogP contribution in [0.15, 0.2) is 23.4 Å². The van der Waals surface area contributed by atoms with Gasteiger partial charge in [0.15, 0.2) is 0 Å². The first kappa shape index (κ1) is 12.2. The zero-order valence-electron chi connectivity index (χ0n) is 9.29. The van der Waals surface area contributed by atoms with Crippen molar-refractivity contribution in [2.45, 2.75) is 36.8 Å². The van der Waals surface area contributed by atoms with Gasteiger partial charge in [0, 0.05) is 12.2 Å². The fourth-order valence-electron chi connectivity index (χ4n) is 1.98. The second kappa shape index (κ2) is 6.48. The number of thioether (sulfide) groups is 1. The van der Waals surface area contributed by atoms with Crippen LogP contribution in [0.3, 0.4) is 0 Å². The maximum Gasteiger partial charge on any atom is 0.115 e. The highest BCUT2D eigenvalue weighted by molar-refractivity contribution is 7.99. The van der Waals surface area contributed by atoms with E-state index < -0.39 is 0 Å². The second-order valence-corrected chi connectivity index (χ2v) is 5.57. The van der Waals surface area contributed by atoms with Crippen LogP contribution in [0.4, 0.5) is 0 Å². The van der Waals surface area contributed by atoms with Crippen molar-refractivity contribution in [2.75, 3.05) is 12.3 Å². The van der Waals surface area contributed by atoms with Crippen LogP contribution >= 0.6 is 23.4 Å². The number of pyridine rings is 1. The Morgan fingerprint density at radius 2 is 2.50 bits per heavy atom. The smallest absolute Gasteiger partial charge is 0.115 e. The minimum absolute atomic E-state index is 0.750. The van der Waals surface area contributed by atoms with E-state index in [-0.39, 0.29) is 0 Å². The van der Waals surface area contributed by atoms with E-state index in [0.29, 0.717) is 0 Å². The van der Waals surface area contributed by atoms with Gasteiger partial charge in [-0.25, -0.2) is 4.98 Å². The van der Waals surface area contributed by atoms with Gasteiger partial charge in [0.05, 0.1) is 5.02 Å². The van der Waals surface area contributed by atoms with E-state index in [1.807, 2.05) is 12.1 Å². The van der Waals surface area contributed by atoms with Gasteiger partial charge in [0.25, 0.3) is 0 Å². The summed E-state index contributed by atoms with van der Waals surface area (Å²) in [5, 5.41) is 5.25. The van der Waals surface area contributed by atoms with E-state index in [9.17, 15) is 0 Å². The topological polar surface area (TPSA) is 24.9 Å². The van der Waals surface area contributed by atoms with Crippen molar-refractivity contribution in [2.24, 2.45) is 0 Å². The van der Waals surface area contributed by atoms with Gasteiger partial charge in [0.2, 0.25) is 0 Å². The van der Waals surface area contributed by atoms with Crippen molar-refractivity contribution in [3.05, 3.63) is 23.4 Å². The molecule has 0 spiro atoms. The Labute approximate surface area is 106 Å². The zero-order chi connectivity index (χ0) is 11.2. The molecule has 1 fully saturated rings. The van der Waals surface area contributed by atoms with Crippen LogP contribution < -0.4 is 5.32 Å². The van der Waals surface area contributed by atoms with Gasteiger partial charge in [-0.2, -0.15) is 0 Å². The molecule has 1 aliphatic rings. The molecule has 0 aromatic carbocycles. The Balaban J connectivity index is 1.66. The molecule has 0 amide bonds. The van der Waals surface area contributed by atoms with E-state index in [1.165, 1.54) is 32.2 Å². The molecule has 1 atom stereocenters. The molecule has 16 heavy (non-hydrogen) atoms. The van der Waals surface area contributed by atoms with Crippen LogP contribution in [0.25, 0.3) is 0 Å². The predicted molar refractivity (Wildman–Crippen MR) is 70.2 cm³/mol. The predicted octanol–water partition coefficient (Wildman–Crippen LogP) is 3.36. The van der Waals surface area contributed by atoms with Crippen LogP contribution in [-0.2, 0) is 0 Å². The lowest BCUT2D eigenvalue weighted by Crippen LogP contribution is -2.20. The average Bonchev–Trinajstić information content (AvgIpc) is 2.79. The van der Waals surface area contributed by atoms with Crippen molar-refractivity contribution in [3.8, 4) is 0 Å². The largest absolute Gasteiger partial charge is 0.314 e. The lowest BCUT2D eigenvalue weighted by molar-refractivity contribution is 0.553. The molecule has 1 unspecified atom stereocenters. The Morgan fingerprint density at radius 1 is 1.56 bits per heavy atom. The van der Waals surface area contributed by atoms with Crippen molar-refractivity contribution < 1.29 is 0 Å². The fraction of sp³-hybridized carbons (Fsp3) is 0.583. The SMILES string of the molecule is Clc1cccnc1SCCCC1CCCN1. The summed E-state index contributed by atoms with van der Waals surface area (Å²) in [7, 11) is 0. The number of halogens is 1. The van der Waals surface area contributed by atoms with Crippen molar-refractivity contribution in [3.63, 3.8) is 0 Å². The summed E-state index contributed by atoms with van der Waals surface area (Å²) < 4.78 is 0. The Morgan fingerprint density at radius 3 is 3.25 bits per heavy atom. The number of nitrogens with zero attached hydrogens (tertiary/aromatic N) is 1. The third kappa shape index (κ3) is 3.65. The Kier molecular flexibility index (Phi) is 4.94. The highest BCUT2D eigenvalue weighted by Crippen LogP contribution is 2.25. The maximum absolute atomic E-state index is 6.03. The third-order valence-corrected chi connectivity index (χ3v) is 4.33. The van der Waals surface area contributed by atoms with Gasteiger partial charge in [-0.1, -0.05) is 11.6 Å². The molecular formula is C12H17ClN2S. The molecule has 2 rings (SSSR count). The zero-order valence-corrected chi connectivity index (χ0v) is 10.9. The number of hydrogen-bond acceptors (Lipinski definition) is 3. The van der Waals surface area contributed by atoms with Gasteiger partial charge < -0.3 is 5.32 Å². The summed E-state index contributed by atoms with van der Waals surface area (Å²) in [5.74, 6) is 1.11. The lowest BCUT2D eigenvalue weighted by Gasteiger charge is -2.09. The van der Waals surface area contributed by atoms with E-state index in [1.54, 1.807) is 18.0 Å². The number of hydrogen-bond donors (Lipinski definition) is 1. The molecule has 0 radical (unpaired) electrons. The van der Waals surface area contributed by atoms with Crippen LogP contribution in [0.5, 0.6) is 0 Å². The molecule has 4 heteroatoms. The highest BCUT2D eigenvalue weighted by atomic mass is 35.5. The van der Waals surface area contributed by atoms with Crippen molar-refractivity contribution in [1.82, 2.24) is 10.3 Å². The molecule has 0 aliphatic carbocycles. The van der Waals surface area contributed by atoms with E-state index in [4.69, 9.17) is 11.6 Å². The molecule has 0 saturated carbocycles. The number of aromatic nitrogens is 1. The standard InChI is InChI=1S/C12H17ClN2S/c13-11-6-2-8-15-12(11)16-9-3-5-10-4-1-7-14-10/h2,6,8,10,14H,1,3-5,7,9H2. The molecule has 1 aromatic heterocycles. The summed E-state index contributed by atoms with van der Waals surface area (Å²) in [4.78, 5) is 4.26. The van der Waals surface area contributed by atoms with Crippen LogP contribution in [0.1, 0.15) is 25.7 Å². The van der Waals surface area contributed by atoms with E-state index in [2.05, 4.69) is 10.3 Å². The monoisotopic (exact) mass is 256 g/mol. The average molecular weight is 257 g/mol. The molecule has 0 bridgehead atoms. The van der Waals surface area contributed by atoms with Gasteiger partial charge in [-0.15, -0.1) is 11.8 Å². The van der Waals surface area contributed by atoms with Crippen LogP contribution in [0.2, 0.25) is 5.02 Å². The quantitative estimate of drug-likeness (QED) is 0.646. The van der Waals surface area contributed by atoms with Crippen molar-refractivity contribution in [1.29, 1.82) is 0 Å². The second-order valence-electron chi connectivity index (χ2n) is 4.07. The number of nitrogens with one attached hydrogen (secondary N) is 1. The fourth-order valence-corrected chi connectivity index (χ4v) is 3.11. The first-order chi connectivity index (χ1) is 7.86. The molecule has 1 N–H and O–H groups in total. The van der Waals surface area contributed by atoms with Crippen LogP contribution in [0, 0.1) is 0 Å². The maximum atomic E-state index is 6.03. The van der Waals surface area contributed by atoms with E-state index in [0.717, 1.165) is 21.8 Å². The molecule has 2 nitrogen and oxygen atoms in total. The van der Waals surface area contributed by atoms with Gasteiger partial charge in [-0.05, 0) is 50.1 Å². The minimum Gasteiger partial charge on any atom is -0.314 e. The number of rotatable bonds is 5. The molecular weight excluding hydrogens is 240 g/mol. The van der Waals surface area contributed by atoms with Gasteiger partial charge >= 0.3 is 0 Å². The van der Waals surface area contributed by atoms with E-state index >= 15 is 0 Å². The normalized spacial score (nSPS) is 20.2. The van der Waals surface area contributed by atoms with Gasteiger partial charge in [-0.3, -0.25) is 0 Å². The summed E-state index contributed by atoms with van der Waals surface area (Å²) in [6.07, 6.45) is 6.98. The van der Waals surface area contributed by atoms with Gasteiger partial charge in [0.1, 0.15) is 5.03 Å². The molecule has 1 saturated heterocycles. The Bertz CT molecular complexity index is 327. The van der Waals surface area contributed by atoms with Crippen molar-refractivity contribution >= 4 is 23.4 Å². The van der Waals surface area contributed by atoms with Crippen LogP contribution in [-0.4, -0.2) is 23.3 Å². The summed E-state index contributed by atoms with van der Waals surface area (Å²) >= 11 is 7.79. The third-order valence-electron chi connectivity index (χ3n) is 2.82. The minimum atomic E-state index is 0.750. The highest BCUT2D eigenvalue weighted by Gasteiger charge is 2.13. The first-order valence-electron chi connectivity index (χ1n) is 5.83. The lowest BCUT2D eigenvalue weighted by atomic mass is 10.1. The summed E-state index contributed by atoms with van der Waals surface area (Å²) in [5.41, 5.74) is 0. The molecule has 2 heterocycles. The molecule has 1 aliphatic heterocycles. The Hall–Kier alpha value is -0.250. The first-order valence-corrected chi connectivity index (χ1v) is 7.19. The molecule has 1 aromatic rings.